The van der Waals surface area contributed by atoms with E-state index in [-0.39, 0.29) is 36.5 Å². The van der Waals surface area contributed by atoms with E-state index >= 15 is 0 Å². The maximum Gasteiger partial charge on any atom is 0.228 e. The zero-order valence-corrected chi connectivity index (χ0v) is 10.1. The van der Waals surface area contributed by atoms with Crippen molar-refractivity contribution in [3.05, 3.63) is 35.6 Å². The van der Waals surface area contributed by atoms with Gasteiger partial charge in [0.2, 0.25) is 11.8 Å². The van der Waals surface area contributed by atoms with Crippen molar-refractivity contribution < 1.29 is 14.0 Å². The Balaban J connectivity index is 2.00. The monoisotopic (exact) mass is 250 g/mol. The Kier molecular flexibility index (Phi) is 3.60. The zero-order valence-electron chi connectivity index (χ0n) is 10.1. The number of nitrogens with zero attached hydrogens (tertiary/aromatic N) is 1. The fourth-order valence-electron chi connectivity index (χ4n) is 2.05. The summed E-state index contributed by atoms with van der Waals surface area (Å²) in [5.41, 5.74) is 0.477. The highest BCUT2D eigenvalue weighted by Crippen LogP contribution is 2.15. The summed E-state index contributed by atoms with van der Waals surface area (Å²) in [7, 11) is 1.62. The smallest absolute Gasteiger partial charge is 0.228 e. The van der Waals surface area contributed by atoms with Gasteiger partial charge in [0.25, 0.3) is 0 Å². The standard InChI is InChI=1S/C13H15FN2O2/c1-16(8-9-4-2-3-5-11(9)14)13(18)10-6-12(17)15-7-10/h2-5,10H,6-8H2,1H3,(H,15,17). The molecule has 0 bridgehead atoms. The first kappa shape index (κ1) is 12.5. The lowest BCUT2D eigenvalue weighted by Gasteiger charge is -2.20. The second-order valence-corrected chi connectivity index (χ2v) is 4.49. The highest BCUT2D eigenvalue weighted by atomic mass is 19.1. The van der Waals surface area contributed by atoms with E-state index in [1.54, 1.807) is 25.2 Å². The maximum atomic E-state index is 13.4. The molecule has 4 nitrogen and oxygen atoms in total. The topological polar surface area (TPSA) is 49.4 Å². The van der Waals surface area contributed by atoms with Crippen LogP contribution in [-0.2, 0) is 16.1 Å². The van der Waals surface area contributed by atoms with Crippen LogP contribution in [0, 0.1) is 11.7 Å². The van der Waals surface area contributed by atoms with Crippen molar-refractivity contribution in [2.75, 3.05) is 13.6 Å². The van der Waals surface area contributed by atoms with Gasteiger partial charge in [-0.1, -0.05) is 18.2 Å². The molecule has 5 heteroatoms. The lowest BCUT2D eigenvalue weighted by Crippen LogP contribution is -2.33. The highest BCUT2D eigenvalue weighted by molar-refractivity contribution is 5.89. The second kappa shape index (κ2) is 5.16. The summed E-state index contributed by atoms with van der Waals surface area (Å²) in [5.74, 6) is -0.878. The number of halogens is 1. The van der Waals surface area contributed by atoms with Crippen LogP contribution in [0.5, 0.6) is 0 Å². The SMILES string of the molecule is CN(Cc1ccccc1F)C(=O)C1CNC(=O)C1. The molecule has 2 rings (SSSR count). The summed E-state index contributed by atoms with van der Waals surface area (Å²) >= 11 is 0. The van der Waals surface area contributed by atoms with Crippen molar-refractivity contribution in [3.63, 3.8) is 0 Å². The van der Waals surface area contributed by atoms with Crippen LogP contribution in [0.3, 0.4) is 0 Å². The number of rotatable bonds is 3. The summed E-state index contributed by atoms with van der Waals surface area (Å²) in [4.78, 5) is 24.5. The first-order valence-corrected chi connectivity index (χ1v) is 5.83. The Morgan fingerprint density at radius 1 is 1.50 bits per heavy atom. The van der Waals surface area contributed by atoms with Crippen LogP contribution < -0.4 is 5.32 Å². The number of carbonyl (C=O) groups is 2. The molecule has 1 aromatic carbocycles. The van der Waals surface area contributed by atoms with Crippen LogP contribution in [0.15, 0.2) is 24.3 Å². The van der Waals surface area contributed by atoms with Gasteiger partial charge in [0.15, 0.2) is 0 Å². The van der Waals surface area contributed by atoms with Gasteiger partial charge < -0.3 is 10.2 Å². The number of amides is 2. The molecule has 1 fully saturated rings. The minimum atomic E-state index is -0.325. The molecule has 1 saturated heterocycles. The van der Waals surface area contributed by atoms with E-state index in [0.717, 1.165) is 0 Å². The van der Waals surface area contributed by atoms with Crippen molar-refractivity contribution in [2.45, 2.75) is 13.0 Å². The Morgan fingerprint density at radius 3 is 2.83 bits per heavy atom. The molecule has 0 aromatic heterocycles. The van der Waals surface area contributed by atoms with Crippen molar-refractivity contribution in [1.82, 2.24) is 10.2 Å². The van der Waals surface area contributed by atoms with E-state index in [2.05, 4.69) is 5.32 Å². The third kappa shape index (κ3) is 2.67. The predicted molar refractivity (Wildman–Crippen MR) is 64.0 cm³/mol. The average Bonchev–Trinajstić information content (AvgIpc) is 2.78. The number of nitrogens with one attached hydrogen (secondary N) is 1. The van der Waals surface area contributed by atoms with Gasteiger partial charge in [0, 0.05) is 32.1 Å². The van der Waals surface area contributed by atoms with Crippen molar-refractivity contribution >= 4 is 11.8 Å². The number of hydrogen-bond donors (Lipinski definition) is 1. The van der Waals surface area contributed by atoms with Gasteiger partial charge in [0.1, 0.15) is 5.82 Å². The number of benzene rings is 1. The molecule has 1 aromatic rings. The molecule has 1 aliphatic heterocycles. The minimum Gasteiger partial charge on any atom is -0.355 e. The summed E-state index contributed by atoms with van der Waals surface area (Å²) < 4.78 is 13.4. The lowest BCUT2D eigenvalue weighted by atomic mass is 10.1. The maximum absolute atomic E-state index is 13.4. The first-order chi connectivity index (χ1) is 8.58. The average molecular weight is 250 g/mol. The molecule has 0 spiro atoms. The molecule has 1 aliphatic rings. The Morgan fingerprint density at radius 2 is 2.22 bits per heavy atom. The van der Waals surface area contributed by atoms with Gasteiger partial charge in [-0.2, -0.15) is 0 Å². The molecule has 0 radical (unpaired) electrons. The molecular formula is C13H15FN2O2. The normalized spacial score (nSPS) is 18.6. The number of hydrogen-bond acceptors (Lipinski definition) is 2. The van der Waals surface area contributed by atoms with E-state index < -0.39 is 0 Å². The van der Waals surface area contributed by atoms with Gasteiger partial charge in [-0.25, -0.2) is 4.39 Å². The number of carbonyl (C=O) groups excluding carboxylic acids is 2. The van der Waals surface area contributed by atoms with Gasteiger partial charge in [-0.15, -0.1) is 0 Å². The van der Waals surface area contributed by atoms with Gasteiger partial charge in [-0.3, -0.25) is 9.59 Å². The van der Waals surface area contributed by atoms with Crippen LogP contribution >= 0.6 is 0 Å². The largest absolute Gasteiger partial charge is 0.355 e. The Labute approximate surface area is 105 Å². The zero-order chi connectivity index (χ0) is 13.1. The molecule has 1 atom stereocenters. The highest BCUT2D eigenvalue weighted by Gasteiger charge is 2.30. The van der Waals surface area contributed by atoms with Crippen molar-refractivity contribution in [3.8, 4) is 0 Å². The summed E-state index contributed by atoms with van der Waals surface area (Å²) in [6.07, 6.45) is 0.223. The molecule has 1 heterocycles. The fraction of sp³-hybridized carbons (Fsp3) is 0.385. The summed E-state index contributed by atoms with van der Waals surface area (Å²) in [6, 6.07) is 6.36. The van der Waals surface area contributed by atoms with E-state index in [1.807, 2.05) is 0 Å². The molecule has 1 N–H and O–H groups in total. The molecule has 0 saturated carbocycles. The quantitative estimate of drug-likeness (QED) is 0.867. The van der Waals surface area contributed by atoms with Crippen LogP contribution in [0.1, 0.15) is 12.0 Å². The van der Waals surface area contributed by atoms with Crippen LogP contribution in [0.4, 0.5) is 4.39 Å². The molecular weight excluding hydrogens is 235 g/mol. The van der Waals surface area contributed by atoms with Gasteiger partial charge >= 0.3 is 0 Å². The van der Waals surface area contributed by atoms with Crippen LogP contribution in [-0.4, -0.2) is 30.3 Å². The van der Waals surface area contributed by atoms with E-state index in [9.17, 15) is 14.0 Å². The summed E-state index contributed by atoms with van der Waals surface area (Å²) in [5, 5.41) is 2.62. The third-order valence-corrected chi connectivity index (χ3v) is 3.07. The van der Waals surface area contributed by atoms with E-state index in [1.165, 1.54) is 11.0 Å². The fourth-order valence-corrected chi connectivity index (χ4v) is 2.05. The summed E-state index contributed by atoms with van der Waals surface area (Å²) in [6.45, 7) is 0.593. The molecule has 0 aliphatic carbocycles. The molecule has 96 valence electrons. The van der Waals surface area contributed by atoms with Gasteiger partial charge in [-0.05, 0) is 6.07 Å². The second-order valence-electron chi connectivity index (χ2n) is 4.49. The van der Waals surface area contributed by atoms with Crippen molar-refractivity contribution in [2.24, 2.45) is 5.92 Å². The van der Waals surface area contributed by atoms with Crippen molar-refractivity contribution in [1.29, 1.82) is 0 Å². The minimum absolute atomic E-state index is 0.104. The van der Waals surface area contributed by atoms with Crippen LogP contribution in [0.25, 0.3) is 0 Å². The van der Waals surface area contributed by atoms with E-state index in [0.29, 0.717) is 12.1 Å². The first-order valence-electron chi connectivity index (χ1n) is 5.83. The predicted octanol–water partition coefficient (Wildman–Crippen LogP) is 0.920. The van der Waals surface area contributed by atoms with E-state index in [4.69, 9.17) is 0 Å². The van der Waals surface area contributed by atoms with Crippen LogP contribution in [0.2, 0.25) is 0 Å². The Hall–Kier alpha value is -1.91. The molecule has 1 unspecified atom stereocenters. The molecule has 18 heavy (non-hydrogen) atoms. The van der Waals surface area contributed by atoms with Gasteiger partial charge in [0.05, 0.1) is 5.92 Å². The Bertz CT molecular complexity index is 476. The molecule has 2 amide bonds. The third-order valence-electron chi connectivity index (χ3n) is 3.07. The lowest BCUT2D eigenvalue weighted by molar-refractivity contribution is -0.135.